The van der Waals surface area contributed by atoms with E-state index >= 15 is 0 Å². The van der Waals surface area contributed by atoms with E-state index < -0.39 is 0 Å². The van der Waals surface area contributed by atoms with Crippen LogP contribution in [0.4, 0.5) is 0 Å². The number of aliphatic imine (C=N–C) groups is 1. The Kier molecular flexibility index (Phi) is 11.7. The highest BCUT2D eigenvalue weighted by atomic mass is 16.5. The van der Waals surface area contributed by atoms with Gasteiger partial charge in [-0.3, -0.25) is 4.99 Å². The Labute approximate surface area is 134 Å². The molecule has 1 unspecified atom stereocenters. The summed E-state index contributed by atoms with van der Waals surface area (Å²) in [6.07, 6.45) is 10.4. The Morgan fingerprint density at radius 1 is 1.41 bits per heavy atom. The second kappa shape index (κ2) is 12.8. The molecule has 0 aromatic rings. The van der Waals surface area contributed by atoms with Crippen LogP contribution < -0.4 is 0 Å². The SMILES string of the molecule is C=C/C=C(\C=C\C(=O)OC)COC(CC)CCN(C)C=NC. The van der Waals surface area contributed by atoms with Crippen molar-refractivity contribution in [2.45, 2.75) is 25.9 Å². The fourth-order valence-electron chi connectivity index (χ4n) is 1.77. The average Bonchev–Trinajstić information content (AvgIpc) is 2.52. The summed E-state index contributed by atoms with van der Waals surface area (Å²) in [5, 5.41) is 0. The summed E-state index contributed by atoms with van der Waals surface area (Å²) in [6, 6.07) is 0. The first-order chi connectivity index (χ1) is 10.6. The molecule has 0 aromatic heterocycles. The molecule has 0 heterocycles. The molecule has 0 fully saturated rings. The molecule has 0 saturated carbocycles. The van der Waals surface area contributed by atoms with E-state index in [0.717, 1.165) is 25.0 Å². The van der Waals surface area contributed by atoms with Crippen molar-refractivity contribution in [3.05, 3.63) is 36.5 Å². The van der Waals surface area contributed by atoms with Crippen LogP contribution in [0.15, 0.2) is 41.4 Å². The molecule has 0 amide bonds. The maximum absolute atomic E-state index is 11.1. The number of hydrogen-bond donors (Lipinski definition) is 0. The largest absolute Gasteiger partial charge is 0.466 e. The Morgan fingerprint density at radius 3 is 2.68 bits per heavy atom. The number of methoxy groups -OCH3 is 1. The molecule has 0 aliphatic rings. The van der Waals surface area contributed by atoms with Crippen LogP contribution in [0.25, 0.3) is 0 Å². The first-order valence-electron chi connectivity index (χ1n) is 7.39. The smallest absolute Gasteiger partial charge is 0.330 e. The van der Waals surface area contributed by atoms with Gasteiger partial charge in [-0.05, 0) is 24.5 Å². The number of carbonyl (C=O) groups is 1. The van der Waals surface area contributed by atoms with Crippen molar-refractivity contribution in [3.8, 4) is 0 Å². The predicted molar refractivity (Wildman–Crippen MR) is 91.1 cm³/mol. The summed E-state index contributed by atoms with van der Waals surface area (Å²) in [6.45, 7) is 7.09. The highest BCUT2D eigenvalue weighted by molar-refractivity contribution is 5.82. The number of nitrogens with zero attached hydrogens (tertiary/aromatic N) is 2. The standard InChI is InChI=1S/C17H28N2O3/c1-6-8-15(9-10-17(20)21-5)13-22-16(7-2)11-12-19(4)14-18-3/h6,8-10,14,16H,1,7,11-13H2,2-5H3/b10-9+,15-8+,18-14?. The molecule has 5 nitrogen and oxygen atoms in total. The third kappa shape index (κ3) is 9.94. The molecule has 0 rings (SSSR count). The van der Waals surface area contributed by atoms with Gasteiger partial charge >= 0.3 is 5.97 Å². The molecule has 0 radical (unpaired) electrons. The molecule has 0 N–H and O–H groups in total. The van der Waals surface area contributed by atoms with E-state index in [9.17, 15) is 4.79 Å². The van der Waals surface area contributed by atoms with Crippen molar-refractivity contribution in [2.75, 3.05) is 34.4 Å². The van der Waals surface area contributed by atoms with E-state index in [0.29, 0.717) is 6.61 Å². The average molecular weight is 308 g/mol. The second-order valence-electron chi connectivity index (χ2n) is 4.82. The molecule has 0 saturated heterocycles. The zero-order valence-electron chi connectivity index (χ0n) is 14.1. The molecule has 0 aromatic carbocycles. The van der Waals surface area contributed by atoms with Crippen LogP contribution in [-0.2, 0) is 14.3 Å². The number of rotatable bonds is 11. The topological polar surface area (TPSA) is 51.1 Å². The van der Waals surface area contributed by atoms with Crippen LogP contribution in [0.2, 0.25) is 0 Å². The lowest BCUT2D eigenvalue weighted by molar-refractivity contribution is -0.134. The summed E-state index contributed by atoms with van der Waals surface area (Å²) in [5.41, 5.74) is 0.877. The van der Waals surface area contributed by atoms with Gasteiger partial charge in [0.1, 0.15) is 0 Å². The zero-order valence-corrected chi connectivity index (χ0v) is 14.1. The molecule has 5 heteroatoms. The lowest BCUT2D eigenvalue weighted by Gasteiger charge is -2.20. The third-order valence-electron chi connectivity index (χ3n) is 3.02. The van der Waals surface area contributed by atoms with Gasteiger partial charge in [0.2, 0.25) is 0 Å². The van der Waals surface area contributed by atoms with Crippen molar-refractivity contribution in [3.63, 3.8) is 0 Å². The number of esters is 1. The van der Waals surface area contributed by atoms with Crippen molar-refractivity contribution in [1.82, 2.24) is 4.90 Å². The van der Waals surface area contributed by atoms with Gasteiger partial charge in [-0.15, -0.1) is 0 Å². The molecule has 1 atom stereocenters. The minimum absolute atomic E-state index is 0.160. The maximum atomic E-state index is 11.1. The van der Waals surface area contributed by atoms with E-state index in [4.69, 9.17) is 4.74 Å². The van der Waals surface area contributed by atoms with E-state index in [-0.39, 0.29) is 12.1 Å². The first-order valence-corrected chi connectivity index (χ1v) is 7.39. The summed E-state index contributed by atoms with van der Waals surface area (Å²) in [7, 11) is 5.09. The number of hydrogen-bond acceptors (Lipinski definition) is 4. The third-order valence-corrected chi connectivity index (χ3v) is 3.02. The summed E-state index contributed by atoms with van der Waals surface area (Å²) < 4.78 is 10.5. The van der Waals surface area contributed by atoms with Crippen molar-refractivity contribution in [2.24, 2.45) is 4.99 Å². The van der Waals surface area contributed by atoms with Crippen LogP contribution in [0.1, 0.15) is 19.8 Å². The monoisotopic (exact) mass is 308 g/mol. The molecule has 0 aliphatic heterocycles. The van der Waals surface area contributed by atoms with Gasteiger partial charge in [0.05, 0.1) is 26.2 Å². The Bertz CT molecular complexity index is 414. The lowest BCUT2D eigenvalue weighted by Crippen LogP contribution is -2.24. The highest BCUT2D eigenvalue weighted by Crippen LogP contribution is 2.08. The van der Waals surface area contributed by atoms with Gasteiger partial charge in [0.15, 0.2) is 0 Å². The lowest BCUT2D eigenvalue weighted by atomic mass is 10.2. The molecular weight excluding hydrogens is 280 g/mol. The van der Waals surface area contributed by atoms with E-state index in [1.807, 2.05) is 18.0 Å². The zero-order chi connectivity index (χ0) is 16.8. The highest BCUT2D eigenvalue weighted by Gasteiger charge is 2.08. The fraction of sp³-hybridized carbons (Fsp3) is 0.529. The molecule has 124 valence electrons. The normalized spacial score (nSPS) is 13.5. The molecule has 0 spiro atoms. The van der Waals surface area contributed by atoms with Gasteiger partial charge in [0, 0.05) is 26.7 Å². The summed E-state index contributed by atoms with van der Waals surface area (Å²) >= 11 is 0. The maximum Gasteiger partial charge on any atom is 0.330 e. The molecule has 0 bridgehead atoms. The van der Waals surface area contributed by atoms with Gasteiger partial charge in [-0.2, -0.15) is 0 Å². The van der Waals surface area contributed by atoms with Gasteiger partial charge in [-0.1, -0.05) is 25.7 Å². The van der Waals surface area contributed by atoms with Crippen LogP contribution in [-0.4, -0.2) is 57.7 Å². The minimum atomic E-state index is -0.387. The molecule has 0 aliphatic carbocycles. The van der Waals surface area contributed by atoms with Gasteiger partial charge < -0.3 is 14.4 Å². The summed E-state index contributed by atoms with van der Waals surface area (Å²) in [4.78, 5) is 17.1. The Hall–Kier alpha value is -1.88. The van der Waals surface area contributed by atoms with Gasteiger partial charge in [-0.25, -0.2) is 4.79 Å². The van der Waals surface area contributed by atoms with E-state index in [1.165, 1.54) is 13.2 Å². The van der Waals surface area contributed by atoms with Gasteiger partial charge in [0.25, 0.3) is 0 Å². The first kappa shape index (κ1) is 20.1. The second-order valence-corrected chi connectivity index (χ2v) is 4.82. The van der Waals surface area contributed by atoms with Crippen molar-refractivity contribution in [1.29, 1.82) is 0 Å². The van der Waals surface area contributed by atoms with Crippen LogP contribution in [0.3, 0.4) is 0 Å². The van der Waals surface area contributed by atoms with E-state index in [1.54, 1.807) is 25.5 Å². The minimum Gasteiger partial charge on any atom is -0.466 e. The Morgan fingerprint density at radius 2 is 2.14 bits per heavy atom. The Balaban J connectivity index is 4.42. The molecule has 22 heavy (non-hydrogen) atoms. The van der Waals surface area contributed by atoms with Crippen LogP contribution >= 0.6 is 0 Å². The molecular formula is C17H28N2O3. The van der Waals surface area contributed by atoms with E-state index in [2.05, 4.69) is 23.2 Å². The van der Waals surface area contributed by atoms with Crippen LogP contribution in [0.5, 0.6) is 0 Å². The van der Waals surface area contributed by atoms with Crippen molar-refractivity contribution < 1.29 is 14.3 Å². The quantitative estimate of drug-likeness (QED) is 0.194. The fourth-order valence-corrected chi connectivity index (χ4v) is 1.77. The number of carbonyl (C=O) groups excluding carboxylic acids is 1. The number of ether oxygens (including phenoxy) is 2. The predicted octanol–water partition coefficient (Wildman–Crippen LogP) is 2.60. The number of allylic oxidation sites excluding steroid dienone is 2. The summed E-state index contributed by atoms with van der Waals surface area (Å²) in [5.74, 6) is -0.387. The van der Waals surface area contributed by atoms with Crippen LogP contribution in [0, 0.1) is 0 Å². The van der Waals surface area contributed by atoms with Crippen molar-refractivity contribution >= 4 is 12.3 Å².